The number of hydrogen-bond donors (Lipinski definition) is 0. The smallest absolute Gasteiger partial charge is 0.419 e. The van der Waals surface area contributed by atoms with Crippen LogP contribution in [0.1, 0.15) is 63.3 Å². The van der Waals surface area contributed by atoms with E-state index in [1.807, 2.05) is 4.90 Å². The molecule has 0 bridgehead atoms. The topological polar surface area (TPSA) is 111 Å². The minimum Gasteiger partial charge on any atom is -0.462 e. The number of rotatable bonds is 6. The van der Waals surface area contributed by atoms with Crippen LogP contribution >= 0.6 is 0 Å². The molecule has 3 aliphatic heterocycles. The van der Waals surface area contributed by atoms with Crippen molar-refractivity contribution in [3.63, 3.8) is 0 Å². The molecule has 1 unspecified atom stereocenters. The van der Waals surface area contributed by atoms with E-state index < -0.39 is 29.5 Å². The Morgan fingerprint density at radius 2 is 1.89 bits per heavy atom. The second-order valence-corrected chi connectivity index (χ2v) is 12.9. The highest BCUT2D eigenvalue weighted by Gasteiger charge is 2.38. The standard InChI is InChI=1S/C31H41F3N8O3/c1-30(2,3)45-29(43)42-16-15-41(18-21(42)9-11-35)27-23-8-6-14-40(26-10-12-36-17-24(26)31(32,33)34)19-25(23)37-28(38-27)44-20-22-7-5-13-39(22)4/h10,12,17,21-22H,5-9,13-16,18-20H2,1-4H3/t21?,22-/m0/s1. The van der Waals surface area contributed by atoms with Crippen molar-refractivity contribution in [1.29, 1.82) is 5.26 Å². The summed E-state index contributed by atoms with van der Waals surface area (Å²) in [6.07, 6.45) is 0.508. The van der Waals surface area contributed by atoms with E-state index in [0.29, 0.717) is 57.1 Å². The number of halogens is 3. The zero-order valence-electron chi connectivity index (χ0n) is 26.3. The Morgan fingerprint density at radius 3 is 2.58 bits per heavy atom. The van der Waals surface area contributed by atoms with Gasteiger partial charge in [-0.2, -0.15) is 28.4 Å². The number of fused-ring (bicyclic) bond motifs is 1. The summed E-state index contributed by atoms with van der Waals surface area (Å²) in [7, 11) is 2.05. The van der Waals surface area contributed by atoms with Crippen molar-refractivity contribution in [2.24, 2.45) is 0 Å². The van der Waals surface area contributed by atoms with Gasteiger partial charge >= 0.3 is 18.3 Å². The zero-order chi connectivity index (χ0) is 32.4. The number of aromatic nitrogens is 3. The highest BCUT2D eigenvalue weighted by molar-refractivity contribution is 5.69. The van der Waals surface area contributed by atoms with Gasteiger partial charge in [-0.05, 0) is 66.1 Å². The summed E-state index contributed by atoms with van der Waals surface area (Å²) in [6.45, 7) is 8.39. The summed E-state index contributed by atoms with van der Waals surface area (Å²) < 4.78 is 53.6. The molecule has 0 radical (unpaired) electrons. The highest BCUT2D eigenvalue weighted by Crippen LogP contribution is 2.38. The molecule has 5 rings (SSSR count). The summed E-state index contributed by atoms with van der Waals surface area (Å²) in [6, 6.07) is 3.54. The van der Waals surface area contributed by atoms with Gasteiger partial charge in [0.25, 0.3) is 0 Å². The molecule has 11 nitrogen and oxygen atoms in total. The number of ether oxygens (including phenoxy) is 2. The van der Waals surface area contributed by atoms with Gasteiger partial charge in [0.1, 0.15) is 18.0 Å². The van der Waals surface area contributed by atoms with Crippen molar-refractivity contribution in [3.8, 4) is 12.1 Å². The third kappa shape index (κ3) is 7.69. The molecule has 2 fully saturated rings. The van der Waals surface area contributed by atoms with Gasteiger partial charge in [0.05, 0.1) is 42.0 Å². The van der Waals surface area contributed by atoms with E-state index in [1.165, 1.54) is 12.3 Å². The van der Waals surface area contributed by atoms with Crippen molar-refractivity contribution in [2.75, 3.05) is 56.2 Å². The number of pyridine rings is 1. The predicted octanol–water partition coefficient (Wildman–Crippen LogP) is 4.66. The van der Waals surface area contributed by atoms with E-state index in [4.69, 9.17) is 19.4 Å². The van der Waals surface area contributed by atoms with Gasteiger partial charge in [0.15, 0.2) is 0 Å². The van der Waals surface area contributed by atoms with Gasteiger partial charge in [-0.15, -0.1) is 0 Å². The Balaban J connectivity index is 1.48. The molecule has 45 heavy (non-hydrogen) atoms. The molecule has 0 spiro atoms. The van der Waals surface area contributed by atoms with Crippen molar-refractivity contribution in [3.05, 3.63) is 35.3 Å². The van der Waals surface area contributed by atoms with Gasteiger partial charge in [0.2, 0.25) is 0 Å². The molecule has 0 aromatic carbocycles. The number of anilines is 2. The monoisotopic (exact) mass is 630 g/mol. The summed E-state index contributed by atoms with van der Waals surface area (Å²) >= 11 is 0. The molecular weight excluding hydrogens is 589 g/mol. The lowest BCUT2D eigenvalue weighted by atomic mass is 10.1. The fourth-order valence-corrected chi connectivity index (χ4v) is 6.25. The van der Waals surface area contributed by atoms with Gasteiger partial charge in [-0.3, -0.25) is 4.98 Å². The summed E-state index contributed by atoms with van der Waals surface area (Å²) in [5.41, 5.74) is 0.0269. The SMILES string of the molecule is CN1CCC[C@H]1COc1nc2c(c(N3CCN(C(=O)OC(C)(C)C)C(CC#N)C3)n1)CCCN(c1ccncc1C(F)(F)F)C2. The zero-order valence-corrected chi connectivity index (χ0v) is 26.3. The van der Waals surface area contributed by atoms with Gasteiger partial charge in [0, 0.05) is 50.2 Å². The first kappa shape index (κ1) is 32.5. The lowest BCUT2D eigenvalue weighted by Crippen LogP contribution is -2.56. The van der Waals surface area contributed by atoms with Crippen LogP contribution in [0.2, 0.25) is 0 Å². The number of carbonyl (C=O) groups excluding carboxylic acids is 1. The maximum atomic E-state index is 13.9. The average Bonchev–Trinajstić information content (AvgIpc) is 3.26. The van der Waals surface area contributed by atoms with E-state index >= 15 is 0 Å². The number of piperazine rings is 1. The molecule has 0 N–H and O–H groups in total. The molecule has 3 aliphatic rings. The van der Waals surface area contributed by atoms with E-state index in [0.717, 1.165) is 31.1 Å². The highest BCUT2D eigenvalue weighted by atomic mass is 19.4. The van der Waals surface area contributed by atoms with Crippen LogP contribution in [0.3, 0.4) is 0 Å². The number of alkyl halides is 3. The molecule has 2 aromatic heterocycles. The first-order chi connectivity index (χ1) is 21.3. The van der Waals surface area contributed by atoms with Crippen LogP contribution in [0.25, 0.3) is 0 Å². The number of likely N-dealkylation sites (tertiary alicyclic amines) is 1. The molecule has 2 atom stereocenters. The van der Waals surface area contributed by atoms with Crippen LogP contribution in [0.15, 0.2) is 18.5 Å². The molecule has 1 amide bonds. The number of nitrogens with zero attached hydrogens (tertiary/aromatic N) is 8. The van der Waals surface area contributed by atoms with Crippen molar-refractivity contribution >= 4 is 17.6 Å². The molecule has 0 saturated carbocycles. The number of likely N-dealkylation sites (N-methyl/N-ethyl adjacent to an activating group) is 1. The molecule has 0 aliphatic carbocycles. The van der Waals surface area contributed by atoms with Crippen LogP contribution in [0.4, 0.5) is 29.5 Å². The third-order valence-electron chi connectivity index (χ3n) is 8.50. The van der Waals surface area contributed by atoms with Crippen LogP contribution in [-0.2, 0) is 23.9 Å². The van der Waals surface area contributed by atoms with Gasteiger partial charge in [-0.25, -0.2) is 4.79 Å². The minimum atomic E-state index is -4.55. The molecule has 5 heterocycles. The Kier molecular flexibility index (Phi) is 9.57. The average molecular weight is 631 g/mol. The second-order valence-electron chi connectivity index (χ2n) is 12.9. The lowest BCUT2D eigenvalue weighted by molar-refractivity contribution is -0.137. The van der Waals surface area contributed by atoms with Gasteiger partial charge in [-0.1, -0.05) is 0 Å². The molecular formula is C31H41F3N8O3. The maximum absolute atomic E-state index is 13.9. The first-order valence-corrected chi connectivity index (χ1v) is 15.4. The Labute approximate surface area is 261 Å². The Hall–Kier alpha value is -3.86. The van der Waals surface area contributed by atoms with Crippen molar-refractivity contribution < 1.29 is 27.4 Å². The summed E-state index contributed by atoms with van der Waals surface area (Å²) in [4.78, 5) is 33.9. The predicted molar refractivity (Wildman–Crippen MR) is 161 cm³/mol. The molecule has 2 aromatic rings. The number of nitriles is 1. The van der Waals surface area contributed by atoms with E-state index in [9.17, 15) is 23.2 Å². The lowest BCUT2D eigenvalue weighted by Gasteiger charge is -2.42. The van der Waals surface area contributed by atoms with E-state index in [-0.39, 0.29) is 30.7 Å². The molecule has 14 heteroatoms. The van der Waals surface area contributed by atoms with Crippen molar-refractivity contribution in [1.82, 2.24) is 24.8 Å². The van der Waals surface area contributed by atoms with Gasteiger partial charge < -0.3 is 29.1 Å². The fourth-order valence-electron chi connectivity index (χ4n) is 6.25. The number of carbonyl (C=O) groups is 1. The maximum Gasteiger partial charge on any atom is 0.419 e. The quantitative estimate of drug-likeness (QED) is 0.447. The fraction of sp³-hybridized carbons (Fsp3) is 0.645. The normalized spacial score (nSPS) is 21.2. The van der Waals surface area contributed by atoms with E-state index in [1.54, 1.807) is 30.6 Å². The largest absolute Gasteiger partial charge is 0.462 e. The molecule has 244 valence electrons. The second kappa shape index (κ2) is 13.2. The van der Waals surface area contributed by atoms with Crippen molar-refractivity contribution in [2.45, 2.75) is 83.3 Å². The third-order valence-corrected chi connectivity index (χ3v) is 8.50. The Bertz CT molecular complexity index is 1410. The number of hydrogen-bond acceptors (Lipinski definition) is 10. The van der Waals surface area contributed by atoms with Crippen LogP contribution in [0, 0.1) is 11.3 Å². The number of amides is 1. The van der Waals surface area contributed by atoms with E-state index in [2.05, 4.69) is 23.0 Å². The molecule has 2 saturated heterocycles. The summed E-state index contributed by atoms with van der Waals surface area (Å²) in [5, 5.41) is 9.61. The van der Waals surface area contributed by atoms with Crippen LogP contribution in [0.5, 0.6) is 6.01 Å². The first-order valence-electron chi connectivity index (χ1n) is 15.4. The Morgan fingerprint density at radius 1 is 1.09 bits per heavy atom. The van der Waals surface area contributed by atoms with Crippen LogP contribution in [-0.4, -0.2) is 94.9 Å². The van der Waals surface area contributed by atoms with Crippen LogP contribution < -0.4 is 14.5 Å². The minimum absolute atomic E-state index is 0.0561. The summed E-state index contributed by atoms with van der Waals surface area (Å²) in [5.74, 6) is 0.633.